The highest BCUT2D eigenvalue weighted by molar-refractivity contribution is 5.92. The molecule has 1 aromatic rings. The van der Waals surface area contributed by atoms with Gasteiger partial charge in [0.15, 0.2) is 0 Å². The smallest absolute Gasteiger partial charge is 0.227 e. The lowest BCUT2D eigenvalue weighted by atomic mass is 9.97. The molecule has 8 nitrogen and oxygen atoms in total. The van der Waals surface area contributed by atoms with E-state index in [2.05, 4.69) is 10.4 Å². The van der Waals surface area contributed by atoms with Crippen LogP contribution in [0.15, 0.2) is 6.20 Å². The van der Waals surface area contributed by atoms with Gasteiger partial charge in [0.2, 0.25) is 11.8 Å². The molecule has 1 aromatic heterocycles. The maximum Gasteiger partial charge on any atom is 0.227 e. The summed E-state index contributed by atoms with van der Waals surface area (Å²) in [4.78, 5) is 25.9. The maximum absolute atomic E-state index is 12.5. The number of rotatable bonds is 6. The third kappa shape index (κ3) is 4.12. The molecule has 0 bridgehead atoms. The van der Waals surface area contributed by atoms with Crippen molar-refractivity contribution in [3.8, 4) is 0 Å². The molecule has 0 spiro atoms. The molecule has 1 fully saturated rings. The van der Waals surface area contributed by atoms with Crippen LogP contribution in [0.3, 0.4) is 0 Å². The van der Waals surface area contributed by atoms with E-state index in [0.717, 1.165) is 12.2 Å². The van der Waals surface area contributed by atoms with Crippen LogP contribution in [-0.2, 0) is 25.6 Å². The van der Waals surface area contributed by atoms with Crippen molar-refractivity contribution in [2.24, 2.45) is 0 Å². The Morgan fingerprint density at radius 1 is 1.50 bits per heavy atom. The number of anilines is 1. The molecule has 2 rings (SSSR count). The van der Waals surface area contributed by atoms with Gasteiger partial charge in [-0.3, -0.25) is 14.3 Å². The van der Waals surface area contributed by atoms with E-state index < -0.39 is 5.60 Å². The van der Waals surface area contributed by atoms with Crippen LogP contribution in [0.5, 0.6) is 0 Å². The minimum absolute atomic E-state index is 0.0285. The summed E-state index contributed by atoms with van der Waals surface area (Å²) in [7, 11) is 1.56. The number of carbonyl (C=O) groups is 2. The number of aryl methyl sites for hydroxylation is 1. The molecule has 1 aliphatic heterocycles. The summed E-state index contributed by atoms with van der Waals surface area (Å²) in [5, 5.41) is 7.09. The second kappa shape index (κ2) is 7.76. The van der Waals surface area contributed by atoms with Gasteiger partial charge in [-0.15, -0.1) is 0 Å². The van der Waals surface area contributed by atoms with Crippen LogP contribution in [-0.4, -0.2) is 65.5 Å². The van der Waals surface area contributed by atoms with Gasteiger partial charge in [0, 0.05) is 27.1 Å². The summed E-state index contributed by atoms with van der Waals surface area (Å²) in [6.45, 7) is 7.68. The van der Waals surface area contributed by atoms with E-state index >= 15 is 0 Å². The molecule has 1 unspecified atom stereocenters. The van der Waals surface area contributed by atoms with Gasteiger partial charge in [0.1, 0.15) is 5.60 Å². The van der Waals surface area contributed by atoms with Crippen LogP contribution < -0.4 is 5.32 Å². The van der Waals surface area contributed by atoms with Gasteiger partial charge in [-0.2, -0.15) is 5.10 Å². The number of nitrogens with zero attached hydrogens (tertiary/aromatic N) is 3. The van der Waals surface area contributed by atoms with Gasteiger partial charge < -0.3 is 19.7 Å². The van der Waals surface area contributed by atoms with Crippen molar-refractivity contribution in [2.75, 3.05) is 38.7 Å². The minimum Gasteiger partial charge on any atom is -0.382 e. The fourth-order valence-corrected chi connectivity index (χ4v) is 3.00. The Bertz CT molecular complexity index is 597. The normalized spacial score (nSPS) is 20.9. The Hall–Kier alpha value is -1.93. The summed E-state index contributed by atoms with van der Waals surface area (Å²) in [6.07, 6.45) is 1.75. The standard InChI is InChI=1S/C16H26N4O4/c1-5-20-12(2)14(9-17-20)18-15(22)8-16(11-23-4)10-19(13(3)21)6-7-24-16/h9H,5-8,10-11H2,1-4H3,(H,18,22). The maximum atomic E-state index is 12.5. The molecule has 0 aromatic carbocycles. The number of morpholine rings is 1. The fraction of sp³-hybridized carbons (Fsp3) is 0.688. The predicted octanol–water partition coefficient (Wildman–Crippen LogP) is 0.804. The van der Waals surface area contributed by atoms with Crippen molar-refractivity contribution in [1.82, 2.24) is 14.7 Å². The Labute approximate surface area is 142 Å². The summed E-state index contributed by atoms with van der Waals surface area (Å²) in [5.41, 5.74) is 0.771. The number of amides is 2. The zero-order valence-electron chi connectivity index (χ0n) is 14.8. The number of nitrogens with one attached hydrogen (secondary N) is 1. The van der Waals surface area contributed by atoms with Crippen LogP contribution >= 0.6 is 0 Å². The molecule has 2 amide bonds. The average molecular weight is 338 g/mol. The second-order valence-electron chi connectivity index (χ2n) is 6.09. The monoisotopic (exact) mass is 338 g/mol. The van der Waals surface area contributed by atoms with Crippen molar-refractivity contribution in [3.63, 3.8) is 0 Å². The number of hydrogen-bond acceptors (Lipinski definition) is 5. The number of aromatic nitrogens is 2. The highest BCUT2D eigenvalue weighted by atomic mass is 16.5. The van der Waals surface area contributed by atoms with E-state index in [1.807, 2.05) is 18.5 Å². The molecule has 0 saturated carbocycles. The molecule has 2 heterocycles. The van der Waals surface area contributed by atoms with E-state index in [-0.39, 0.29) is 24.8 Å². The summed E-state index contributed by atoms with van der Waals surface area (Å²) in [6, 6.07) is 0. The van der Waals surface area contributed by atoms with Gasteiger partial charge in [0.25, 0.3) is 0 Å². The lowest BCUT2D eigenvalue weighted by molar-refractivity contribution is -0.164. The van der Waals surface area contributed by atoms with Crippen LogP contribution in [0.2, 0.25) is 0 Å². The van der Waals surface area contributed by atoms with Crippen LogP contribution in [0, 0.1) is 6.92 Å². The topological polar surface area (TPSA) is 85.7 Å². The van der Waals surface area contributed by atoms with Crippen LogP contribution in [0.1, 0.15) is 26.0 Å². The minimum atomic E-state index is -0.822. The van der Waals surface area contributed by atoms with Crippen molar-refractivity contribution < 1.29 is 19.1 Å². The molecular formula is C16H26N4O4. The molecule has 1 N–H and O–H groups in total. The number of ether oxygens (including phenoxy) is 2. The van der Waals surface area contributed by atoms with E-state index in [1.54, 1.807) is 18.2 Å². The first kappa shape index (κ1) is 18.4. The largest absolute Gasteiger partial charge is 0.382 e. The van der Waals surface area contributed by atoms with E-state index in [9.17, 15) is 9.59 Å². The Morgan fingerprint density at radius 3 is 2.83 bits per heavy atom. The number of hydrogen-bond donors (Lipinski definition) is 1. The zero-order valence-corrected chi connectivity index (χ0v) is 14.8. The molecule has 0 radical (unpaired) electrons. The third-order valence-corrected chi connectivity index (χ3v) is 4.26. The quantitative estimate of drug-likeness (QED) is 0.829. The first-order valence-corrected chi connectivity index (χ1v) is 8.11. The van der Waals surface area contributed by atoms with Crippen molar-refractivity contribution in [3.05, 3.63) is 11.9 Å². The fourth-order valence-electron chi connectivity index (χ4n) is 3.00. The zero-order chi connectivity index (χ0) is 17.7. The van der Waals surface area contributed by atoms with Gasteiger partial charge in [0.05, 0.1) is 43.8 Å². The molecule has 1 saturated heterocycles. The molecule has 24 heavy (non-hydrogen) atoms. The first-order chi connectivity index (χ1) is 11.4. The van der Waals surface area contributed by atoms with Crippen molar-refractivity contribution in [1.29, 1.82) is 0 Å². The van der Waals surface area contributed by atoms with Crippen LogP contribution in [0.4, 0.5) is 5.69 Å². The van der Waals surface area contributed by atoms with Gasteiger partial charge in [-0.25, -0.2) is 0 Å². The summed E-state index contributed by atoms with van der Waals surface area (Å²) < 4.78 is 12.9. The third-order valence-electron chi connectivity index (χ3n) is 4.26. The van der Waals surface area contributed by atoms with Crippen molar-refractivity contribution in [2.45, 2.75) is 39.3 Å². The lowest BCUT2D eigenvalue weighted by Gasteiger charge is -2.41. The number of methoxy groups -OCH3 is 1. The molecule has 1 atom stereocenters. The highest BCUT2D eigenvalue weighted by Gasteiger charge is 2.40. The Kier molecular flexibility index (Phi) is 5.95. The van der Waals surface area contributed by atoms with E-state index in [0.29, 0.717) is 25.4 Å². The predicted molar refractivity (Wildman–Crippen MR) is 88.7 cm³/mol. The molecule has 0 aliphatic carbocycles. The molecule has 8 heteroatoms. The van der Waals surface area contributed by atoms with E-state index in [1.165, 1.54) is 6.92 Å². The molecule has 134 valence electrons. The number of carbonyl (C=O) groups excluding carboxylic acids is 2. The van der Waals surface area contributed by atoms with Gasteiger partial charge in [-0.1, -0.05) is 0 Å². The summed E-state index contributed by atoms with van der Waals surface area (Å²) in [5.74, 6) is -0.213. The van der Waals surface area contributed by atoms with Gasteiger partial charge >= 0.3 is 0 Å². The lowest BCUT2D eigenvalue weighted by Crippen LogP contribution is -2.56. The van der Waals surface area contributed by atoms with Gasteiger partial charge in [-0.05, 0) is 13.8 Å². The first-order valence-electron chi connectivity index (χ1n) is 8.11. The molecule has 1 aliphatic rings. The van der Waals surface area contributed by atoms with E-state index in [4.69, 9.17) is 9.47 Å². The highest BCUT2D eigenvalue weighted by Crippen LogP contribution is 2.24. The second-order valence-corrected chi connectivity index (χ2v) is 6.09. The molecular weight excluding hydrogens is 312 g/mol. The van der Waals surface area contributed by atoms with Crippen molar-refractivity contribution >= 4 is 17.5 Å². The van der Waals surface area contributed by atoms with Crippen LogP contribution in [0.25, 0.3) is 0 Å². The Morgan fingerprint density at radius 2 is 2.25 bits per heavy atom. The summed E-state index contributed by atoms with van der Waals surface area (Å²) >= 11 is 0. The average Bonchev–Trinajstić information content (AvgIpc) is 2.87. The Balaban J connectivity index is 2.07. The SMILES string of the molecule is CCn1ncc(NC(=O)CC2(COC)CN(C(C)=O)CCO2)c1C.